The second-order valence-electron chi connectivity index (χ2n) is 6.47. The molecule has 2 fully saturated rings. The fraction of sp³-hybridized carbons (Fsp3) is 1.00. The summed E-state index contributed by atoms with van der Waals surface area (Å²) in [7, 11) is 1.75. The van der Waals surface area contributed by atoms with Gasteiger partial charge in [0, 0.05) is 26.2 Å². The molecule has 2 N–H and O–H groups in total. The van der Waals surface area contributed by atoms with Crippen LogP contribution in [-0.2, 0) is 4.74 Å². The van der Waals surface area contributed by atoms with Gasteiger partial charge in [-0.15, -0.1) is 0 Å². The topological polar surface area (TPSA) is 44.7 Å². The first kappa shape index (κ1) is 16.2. The lowest BCUT2D eigenvalue weighted by Crippen LogP contribution is -2.49. The Kier molecular flexibility index (Phi) is 7.28. The number of ether oxygens (including phenoxy) is 1. The van der Waals surface area contributed by atoms with Gasteiger partial charge in [0.15, 0.2) is 0 Å². The summed E-state index contributed by atoms with van der Waals surface area (Å²) in [5, 5.41) is 13.8. The van der Waals surface area contributed by atoms with E-state index in [9.17, 15) is 5.11 Å². The molecule has 0 spiro atoms. The number of nitrogens with one attached hydrogen (secondary N) is 1. The smallest absolute Gasteiger partial charge is 0.0695 e. The molecular weight excluding hydrogens is 252 g/mol. The van der Waals surface area contributed by atoms with Gasteiger partial charge in [-0.25, -0.2) is 0 Å². The number of nitrogens with zero attached hydrogens (tertiary/aromatic N) is 1. The number of aliphatic hydroxyl groups is 1. The van der Waals surface area contributed by atoms with Crippen molar-refractivity contribution in [2.24, 2.45) is 5.92 Å². The Morgan fingerprint density at radius 3 is 2.85 bits per heavy atom. The molecule has 0 aromatic carbocycles. The molecule has 3 atom stereocenters. The number of aliphatic hydroxyl groups excluding tert-OH is 1. The van der Waals surface area contributed by atoms with E-state index in [0.717, 1.165) is 38.6 Å². The third-order valence-electron chi connectivity index (χ3n) is 4.88. The van der Waals surface area contributed by atoms with E-state index in [1.54, 1.807) is 7.11 Å². The van der Waals surface area contributed by atoms with Gasteiger partial charge in [-0.2, -0.15) is 0 Å². The highest BCUT2D eigenvalue weighted by molar-refractivity contribution is 4.86. The first-order valence-corrected chi connectivity index (χ1v) is 8.43. The molecule has 2 aliphatic rings. The van der Waals surface area contributed by atoms with Gasteiger partial charge in [-0.05, 0) is 44.7 Å². The molecule has 20 heavy (non-hydrogen) atoms. The van der Waals surface area contributed by atoms with Crippen LogP contribution in [0.2, 0.25) is 0 Å². The van der Waals surface area contributed by atoms with E-state index in [2.05, 4.69) is 10.2 Å². The molecule has 1 saturated heterocycles. The van der Waals surface area contributed by atoms with Gasteiger partial charge < -0.3 is 15.2 Å². The summed E-state index contributed by atoms with van der Waals surface area (Å²) >= 11 is 0. The molecule has 0 radical (unpaired) electrons. The third kappa shape index (κ3) is 4.99. The van der Waals surface area contributed by atoms with Gasteiger partial charge in [-0.1, -0.05) is 19.3 Å². The molecule has 1 saturated carbocycles. The standard InChI is InChI=1S/C16H32N2O2/c1-20-11-9-17-12-14-6-5-10-18(13-14)15-7-3-2-4-8-16(15)19/h14-17,19H,2-13H2,1H3. The maximum absolute atomic E-state index is 10.4. The quantitative estimate of drug-likeness (QED) is 0.575. The summed E-state index contributed by atoms with van der Waals surface area (Å²) in [6, 6.07) is 0.416. The monoisotopic (exact) mass is 284 g/mol. The fourth-order valence-electron chi connectivity index (χ4n) is 3.74. The zero-order valence-corrected chi connectivity index (χ0v) is 13.0. The summed E-state index contributed by atoms with van der Waals surface area (Å²) in [5.74, 6) is 0.732. The van der Waals surface area contributed by atoms with Crippen molar-refractivity contribution in [3.63, 3.8) is 0 Å². The average molecular weight is 284 g/mol. The normalized spacial score (nSPS) is 33.0. The number of rotatable bonds is 6. The minimum atomic E-state index is -0.0994. The van der Waals surface area contributed by atoms with Crippen molar-refractivity contribution < 1.29 is 9.84 Å². The predicted octanol–water partition coefficient (Wildman–Crippen LogP) is 1.63. The van der Waals surface area contributed by atoms with Crippen LogP contribution in [0.25, 0.3) is 0 Å². The summed E-state index contributed by atoms with van der Waals surface area (Å²) in [6.07, 6.45) is 8.46. The van der Waals surface area contributed by atoms with Crippen molar-refractivity contribution in [1.82, 2.24) is 10.2 Å². The summed E-state index contributed by atoms with van der Waals surface area (Å²) < 4.78 is 5.07. The van der Waals surface area contributed by atoms with Gasteiger partial charge in [0.2, 0.25) is 0 Å². The van der Waals surface area contributed by atoms with E-state index in [0.29, 0.717) is 6.04 Å². The van der Waals surface area contributed by atoms with Gasteiger partial charge in [0.1, 0.15) is 0 Å². The maximum atomic E-state index is 10.4. The second kappa shape index (κ2) is 8.98. The zero-order chi connectivity index (χ0) is 14.2. The van der Waals surface area contributed by atoms with Crippen LogP contribution in [0.15, 0.2) is 0 Å². The van der Waals surface area contributed by atoms with Crippen molar-refractivity contribution in [2.45, 2.75) is 57.1 Å². The Balaban J connectivity index is 1.76. The van der Waals surface area contributed by atoms with Crippen molar-refractivity contribution in [1.29, 1.82) is 0 Å². The van der Waals surface area contributed by atoms with Crippen molar-refractivity contribution in [2.75, 3.05) is 39.9 Å². The lowest BCUT2D eigenvalue weighted by atomic mass is 9.94. The van der Waals surface area contributed by atoms with Crippen LogP contribution in [-0.4, -0.2) is 62.0 Å². The molecule has 0 aromatic rings. The van der Waals surface area contributed by atoms with Gasteiger partial charge in [0.25, 0.3) is 0 Å². The van der Waals surface area contributed by atoms with Crippen molar-refractivity contribution in [3.8, 4) is 0 Å². The Bertz CT molecular complexity index is 263. The van der Waals surface area contributed by atoms with Crippen molar-refractivity contribution in [3.05, 3.63) is 0 Å². The van der Waals surface area contributed by atoms with Crippen LogP contribution in [0.5, 0.6) is 0 Å². The molecule has 2 rings (SSSR count). The molecule has 0 bridgehead atoms. The van der Waals surface area contributed by atoms with Gasteiger partial charge in [-0.3, -0.25) is 4.90 Å². The Morgan fingerprint density at radius 2 is 2.00 bits per heavy atom. The minimum Gasteiger partial charge on any atom is -0.391 e. The van der Waals surface area contributed by atoms with Crippen LogP contribution in [0.4, 0.5) is 0 Å². The summed E-state index contributed by atoms with van der Waals surface area (Å²) in [5.41, 5.74) is 0. The Morgan fingerprint density at radius 1 is 1.15 bits per heavy atom. The molecule has 4 heteroatoms. The first-order valence-electron chi connectivity index (χ1n) is 8.43. The number of piperidine rings is 1. The van der Waals surface area contributed by atoms with Crippen molar-refractivity contribution >= 4 is 0 Å². The fourth-order valence-corrected chi connectivity index (χ4v) is 3.74. The van der Waals surface area contributed by atoms with Crippen LogP contribution in [0, 0.1) is 5.92 Å². The molecule has 4 nitrogen and oxygen atoms in total. The highest BCUT2D eigenvalue weighted by atomic mass is 16.5. The number of hydrogen-bond donors (Lipinski definition) is 2. The molecule has 118 valence electrons. The van der Waals surface area contributed by atoms with Crippen LogP contribution < -0.4 is 5.32 Å². The lowest BCUT2D eigenvalue weighted by Gasteiger charge is -2.40. The lowest BCUT2D eigenvalue weighted by molar-refractivity contribution is 0.0207. The number of methoxy groups -OCH3 is 1. The molecule has 3 unspecified atom stereocenters. The van der Waals surface area contributed by atoms with E-state index >= 15 is 0 Å². The van der Waals surface area contributed by atoms with Crippen LogP contribution in [0.3, 0.4) is 0 Å². The third-order valence-corrected chi connectivity index (χ3v) is 4.88. The Labute approximate surface area is 123 Å². The summed E-state index contributed by atoms with van der Waals surface area (Å²) in [6.45, 7) is 5.15. The van der Waals surface area contributed by atoms with Crippen LogP contribution >= 0.6 is 0 Å². The molecular formula is C16H32N2O2. The number of likely N-dealkylation sites (tertiary alicyclic amines) is 1. The van der Waals surface area contributed by atoms with E-state index in [1.165, 1.54) is 45.1 Å². The van der Waals surface area contributed by atoms with Crippen LogP contribution in [0.1, 0.15) is 44.9 Å². The molecule has 0 amide bonds. The molecule has 1 aliphatic heterocycles. The number of hydrogen-bond acceptors (Lipinski definition) is 4. The predicted molar refractivity (Wildman–Crippen MR) is 81.9 cm³/mol. The minimum absolute atomic E-state index is 0.0994. The largest absolute Gasteiger partial charge is 0.391 e. The summed E-state index contributed by atoms with van der Waals surface area (Å²) in [4.78, 5) is 2.57. The SMILES string of the molecule is COCCNCC1CCCN(C2CCCCCC2O)C1. The first-order chi connectivity index (χ1) is 9.81. The van der Waals surface area contributed by atoms with E-state index in [4.69, 9.17) is 4.74 Å². The average Bonchev–Trinajstić information content (AvgIpc) is 2.69. The Hall–Kier alpha value is -0.160. The van der Waals surface area contributed by atoms with Gasteiger partial charge >= 0.3 is 0 Å². The van der Waals surface area contributed by atoms with E-state index in [1.807, 2.05) is 0 Å². The molecule has 0 aromatic heterocycles. The van der Waals surface area contributed by atoms with E-state index < -0.39 is 0 Å². The second-order valence-corrected chi connectivity index (χ2v) is 6.47. The highest BCUT2D eigenvalue weighted by Gasteiger charge is 2.30. The maximum Gasteiger partial charge on any atom is 0.0695 e. The molecule has 1 aliphatic carbocycles. The van der Waals surface area contributed by atoms with E-state index in [-0.39, 0.29) is 6.10 Å². The molecule has 1 heterocycles. The highest BCUT2D eigenvalue weighted by Crippen LogP contribution is 2.26. The van der Waals surface area contributed by atoms with Gasteiger partial charge in [0.05, 0.1) is 12.7 Å². The zero-order valence-electron chi connectivity index (χ0n) is 13.0.